The normalized spacial score (nSPS) is 24.0. The van der Waals surface area contributed by atoms with Gasteiger partial charge in [-0.15, -0.1) is 0 Å². The van der Waals surface area contributed by atoms with Crippen molar-refractivity contribution >= 4 is 5.91 Å². The minimum absolute atomic E-state index is 0.0120. The molecule has 0 N–H and O–H groups in total. The molecule has 0 saturated carbocycles. The highest BCUT2D eigenvalue weighted by molar-refractivity contribution is 5.91. The number of nitrogens with zero attached hydrogens (tertiary/aromatic N) is 4. The van der Waals surface area contributed by atoms with E-state index in [1.54, 1.807) is 12.4 Å². The molecule has 0 spiro atoms. The lowest BCUT2D eigenvalue weighted by Crippen LogP contribution is -2.37. The van der Waals surface area contributed by atoms with Crippen molar-refractivity contribution < 1.29 is 9.53 Å². The molecule has 21 heavy (non-hydrogen) atoms. The number of amides is 1. The van der Waals surface area contributed by atoms with Crippen LogP contribution < -0.4 is 0 Å². The van der Waals surface area contributed by atoms with Gasteiger partial charge in [-0.25, -0.2) is 4.98 Å². The van der Waals surface area contributed by atoms with Gasteiger partial charge >= 0.3 is 0 Å². The van der Waals surface area contributed by atoms with Gasteiger partial charge in [0.05, 0.1) is 12.3 Å². The number of carbonyl (C=O) groups is 1. The second kappa shape index (κ2) is 6.95. The third-order valence-electron chi connectivity index (χ3n) is 4.14. The fraction of sp³-hybridized carbons (Fsp3) is 0.667. The molecule has 2 fully saturated rings. The van der Waals surface area contributed by atoms with Crippen LogP contribution in [0.1, 0.15) is 29.8 Å². The zero-order valence-electron chi connectivity index (χ0n) is 12.3. The zero-order chi connectivity index (χ0) is 14.5. The van der Waals surface area contributed by atoms with Gasteiger partial charge in [-0.05, 0) is 25.8 Å². The molecule has 1 aromatic rings. The number of carbonyl (C=O) groups excluding carboxylic acids is 1. The van der Waals surface area contributed by atoms with E-state index in [1.165, 1.54) is 19.0 Å². The molecule has 1 aromatic heterocycles. The number of aromatic nitrogens is 2. The molecule has 2 aliphatic rings. The maximum absolute atomic E-state index is 12.4. The predicted octanol–water partition coefficient (Wildman–Crippen LogP) is 0.803. The van der Waals surface area contributed by atoms with Crippen LogP contribution in [0.5, 0.6) is 0 Å². The molecule has 6 heteroatoms. The van der Waals surface area contributed by atoms with Crippen LogP contribution in [0.3, 0.4) is 0 Å². The lowest BCUT2D eigenvalue weighted by Gasteiger charge is -2.23. The summed E-state index contributed by atoms with van der Waals surface area (Å²) in [6.07, 6.45) is 8.41. The quantitative estimate of drug-likeness (QED) is 0.824. The Morgan fingerprint density at radius 2 is 2.19 bits per heavy atom. The van der Waals surface area contributed by atoms with Crippen LogP contribution in [0.15, 0.2) is 18.6 Å². The molecule has 1 amide bonds. The van der Waals surface area contributed by atoms with E-state index < -0.39 is 0 Å². The molecule has 0 unspecified atom stereocenters. The minimum Gasteiger partial charge on any atom is -0.377 e. The summed E-state index contributed by atoms with van der Waals surface area (Å²) in [4.78, 5) is 24.8. The highest BCUT2D eigenvalue weighted by atomic mass is 16.5. The number of rotatable bonds is 3. The Morgan fingerprint density at radius 3 is 2.95 bits per heavy atom. The molecule has 0 bridgehead atoms. The van der Waals surface area contributed by atoms with E-state index >= 15 is 0 Å². The third-order valence-corrected chi connectivity index (χ3v) is 4.14. The van der Waals surface area contributed by atoms with Crippen LogP contribution in [0.2, 0.25) is 0 Å². The fourth-order valence-electron chi connectivity index (χ4n) is 3.00. The maximum Gasteiger partial charge on any atom is 0.274 e. The second-order valence-electron chi connectivity index (χ2n) is 5.67. The molecule has 0 radical (unpaired) electrons. The predicted molar refractivity (Wildman–Crippen MR) is 78.0 cm³/mol. The monoisotopic (exact) mass is 290 g/mol. The van der Waals surface area contributed by atoms with E-state index in [1.807, 2.05) is 4.90 Å². The van der Waals surface area contributed by atoms with Crippen molar-refractivity contribution in [1.29, 1.82) is 0 Å². The molecule has 1 atom stereocenters. The topological polar surface area (TPSA) is 58.6 Å². The molecule has 2 saturated heterocycles. The Morgan fingerprint density at radius 1 is 1.24 bits per heavy atom. The van der Waals surface area contributed by atoms with Gasteiger partial charge in [0.15, 0.2) is 0 Å². The van der Waals surface area contributed by atoms with E-state index in [9.17, 15) is 4.79 Å². The molecular weight excluding hydrogens is 268 g/mol. The third kappa shape index (κ3) is 3.77. The summed E-state index contributed by atoms with van der Waals surface area (Å²) in [6.45, 7) is 5.37. The molecule has 114 valence electrons. The molecule has 3 rings (SSSR count). The van der Waals surface area contributed by atoms with Crippen LogP contribution in [0.25, 0.3) is 0 Å². The SMILES string of the molecule is O=C(c1cnccn1)N1CCCN(C[C@@H]2CCCO2)CC1. The van der Waals surface area contributed by atoms with Gasteiger partial charge in [-0.3, -0.25) is 14.7 Å². The van der Waals surface area contributed by atoms with Gasteiger partial charge in [0, 0.05) is 45.2 Å². The summed E-state index contributed by atoms with van der Waals surface area (Å²) in [5, 5.41) is 0. The van der Waals surface area contributed by atoms with Crippen molar-refractivity contribution in [2.24, 2.45) is 0 Å². The summed E-state index contributed by atoms with van der Waals surface area (Å²) in [5.41, 5.74) is 0.435. The van der Waals surface area contributed by atoms with Gasteiger partial charge in [0.2, 0.25) is 0 Å². The molecule has 2 aliphatic heterocycles. The molecule has 3 heterocycles. The Labute approximate surface area is 125 Å². The van der Waals surface area contributed by atoms with Gasteiger partial charge in [-0.2, -0.15) is 0 Å². The number of hydrogen-bond donors (Lipinski definition) is 0. The lowest BCUT2D eigenvalue weighted by atomic mass is 10.2. The van der Waals surface area contributed by atoms with Crippen LogP contribution in [-0.4, -0.2) is 71.1 Å². The highest BCUT2D eigenvalue weighted by Crippen LogP contribution is 2.15. The molecule has 0 aliphatic carbocycles. The van der Waals surface area contributed by atoms with Gasteiger partial charge in [0.25, 0.3) is 5.91 Å². The van der Waals surface area contributed by atoms with Crippen LogP contribution in [-0.2, 0) is 4.74 Å². The van der Waals surface area contributed by atoms with E-state index in [2.05, 4.69) is 14.9 Å². The summed E-state index contributed by atoms with van der Waals surface area (Å²) in [5.74, 6) is -0.0120. The number of ether oxygens (including phenoxy) is 1. The van der Waals surface area contributed by atoms with Crippen molar-refractivity contribution in [3.63, 3.8) is 0 Å². The average Bonchev–Trinajstić information content (AvgIpc) is 2.92. The van der Waals surface area contributed by atoms with Gasteiger partial charge in [0.1, 0.15) is 5.69 Å². The van der Waals surface area contributed by atoms with E-state index in [0.717, 1.165) is 45.8 Å². The molecule has 0 aromatic carbocycles. The van der Waals surface area contributed by atoms with Crippen molar-refractivity contribution in [1.82, 2.24) is 19.8 Å². The first kappa shape index (κ1) is 14.4. The lowest BCUT2D eigenvalue weighted by molar-refractivity contribution is 0.0701. The summed E-state index contributed by atoms with van der Waals surface area (Å²) in [6, 6.07) is 0. The minimum atomic E-state index is -0.0120. The van der Waals surface area contributed by atoms with Crippen molar-refractivity contribution in [3.8, 4) is 0 Å². The summed E-state index contributed by atoms with van der Waals surface area (Å²) < 4.78 is 5.70. The van der Waals surface area contributed by atoms with Gasteiger partial charge < -0.3 is 9.64 Å². The van der Waals surface area contributed by atoms with Crippen LogP contribution in [0, 0.1) is 0 Å². The second-order valence-corrected chi connectivity index (χ2v) is 5.67. The first-order valence-corrected chi connectivity index (χ1v) is 7.72. The standard InChI is InChI=1S/C15H22N4O2/c20-15(14-11-16-4-5-17-14)19-7-2-6-18(8-9-19)12-13-3-1-10-21-13/h4-5,11,13H,1-3,6-10,12H2/t13-/m0/s1. The van der Waals surface area contributed by atoms with Crippen molar-refractivity contribution in [2.75, 3.05) is 39.3 Å². The smallest absolute Gasteiger partial charge is 0.274 e. The summed E-state index contributed by atoms with van der Waals surface area (Å²) >= 11 is 0. The van der Waals surface area contributed by atoms with Crippen LogP contribution in [0.4, 0.5) is 0 Å². The largest absolute Gasteiger partial charge is 0.377 e. The van der Waals surface area contributed by atoms with Crippen LogP contribution >= 0.6 is 0 Å². The Hall–Kier alpha value is -1.53. The van der Waals surface area contributed by atoms with E-state index in [0.29, 0.717) is 11.8 Å². The molecule has 6 nitrogen and oxygen atoms in total. The number of hydrogen-bond acceptors (Lipinski definition) is 5. The first-order valence-electron chi connectivity index (χ1n) is 7.72. The fourth-order valence-corrected chi connectivity index (χ4v) is 3.00. The summed E-state index contributed by atoms with van der Waals surface area (Å²) in [7, 11) is 0. The Bertz CT molecular complexity index is 462. The van der Waals surface area contributed by atoms with Gasteiger partial charge in [-0.1, -0.05) is 0 Å². The Kier molecular flexibility index (Phi) is 4.77. The zero-order valence-corrected chi connectivity index (χ0v) is 12.3. The van der Waals surface area contributed by atoms with E-state index in [-0.39, 0.29) is 5.91 Å². The van der Waals surface area contributed by atoms with E-state index in [4.69, 9.17) is 4.74 Å². The highest BCUT2D eigenvalue weighted by Gasteiger charge is 2.24. The average molecular weight is 290 g/mol. The maximum atomic E-state index is 12.4. The first-order chi connectivity index (χ1) is 10.3. The molecular formula is C15H22N4O2. The van der Waals surface area contributed by atoms with Crippen molar-refractivity contribution in [2.45, 2.75) is 25.4 Å². The van der Waals surface area contributed by atoms with Crippen molar-refractivity contribution in [3.05, 3.63) is 24.3 Å². The Balaban J connectivity index is 1.54.